The normalized spacial score (nSPS) is 25.6. The van der Waals surface area contributed by atoms with Crippen LogP contribution in [0.15, 0.2) is 5.16 Å². The van der Waals surface area contributed by atoms with E-state index < -0.39 is 0 Å². The van der Waals surface area contributed by atoms with Gasteiger partial charge in [-0.05, 0) is 30.1 Å². The average molecular weight is 227 g/mol. The average Bonchev–Trinajstić information content (AvgIpc) is 2.09. The summed E-state index contributed by atoms with van der Waals surface area (Å²) < 4.78 is 0. The molecule has 0 saturated heterocycles. The molecule has 94 valence electrons. The number of hydrogen-bond acceptors (Lipinski definition) is 3. The molecular formula is C12H25N3O. The van der Waals surface area contributed by atoms with E-state index >= 15 is 0 Å². The topological polar surface area (TPSA) is 70.6 Å². The van der Waals surface area contributed by atoms with Gasteiger partial charge in [-0.15, -0.1) is 0 Å². The molecular weight excluding hydrogens is 202 g/mol. The van der Waals surface area contributed by atoms with Gasteiger partial charge < -0.3 is 16.3 Å². The fourth-order valence-corrected chi connectivity index (χ4v) is 3.27. The van der Waals surface area contributed by atoms with E-state index in [4.69, 9.17) is 10.9 Å². The van der Waals surface area contributed by atoms with Crippen LogP contribution in [0, 0.1) is 10.8 Å². The monoisotopic (exact) mass is 227 g/mol. The van der Waals surface area contributed by atoms with Gasteiger partial charge in [-0.3, -0.25) is 0 Å². The second-order valence-electron chi connectivity index (χ2n) is 6.58. The highest BCUT2D eigenvalue weighted by Crippen LogP contribution is 2.45. The molecule has 0 aromatic carbocycles. The Morgan fingerprint density at radius 3 is 2.25 bits per heavy atom. The second-order valence-corrected chi connectivity index (χ2v) is 6.58. The molecule has 0 spiro atoms. The van der Waals surface area contributed by atoms with Crippen LogP contribution in [0.5, 0.6) is 0 Å². The summed E-state index contributed by atoms with van der Waals surface area (Å²) in [6, 6.07) is 0.457. The summed E-state index contributed by atoms with van der Waals surface area (Å²) in [7, 11) is 0. The van der Waals surface area contributed by atoms with Crippen molar-refractivity contribution in [3.05, 3.63) is 0 Å². The molecule has 1 fully saturated rings. The molecule has 4 heteroatoms. The van der Waals surface area contributed by atoms with Gasteiger partial charge >= 0.3 is 0 Å². The zero-order chi connectivity index (χ0) is 12.4. The first-order valence-corrected chi connectivity index (χ1v) is 5.94. The van der Waals surface area contributed by atoms with Crippen LogP contribution in [0.1, 0.15) is 47.0 Å². The second kappa shape index (κ2) is 4.62. The molecule has 0 aromatic heterocycles. The molecule has 0 aromatic rings. The van der Waals surface area contributed by atoms with Crippen LogP contribution >= 0.6 is 0 Å². The largest absolute Gasteiger partial charge is 0.409 e. The molecule has 16 heavy (non-hydrogen) atoms. The SMILES string of the molecule is CC1(C)CC(NCC(N)=NO)CC(C)(C)C1. The van der Waals surface area contributed by atoms with Crippen molar-refractivity contribution < 1.29 is 5.21 Å². The van der Waals surface area contributed by atoms with E-state index in [2.05, 4.69) is 38.2 Å². The Balaban J connectivity index is 2.54. The first-order chi connectivity index (χ1) is 7.24. The maximum atomic E-state index is 8.49. The summed E-state index contributed by atoms with van der Waals surface area (Å²) in [5.41, 5.74) is 6.19. The zero-order valence-corrected chi connectivity index (χ0v) is 10.9. The van der Waals surface area contributed by atoms with Crippen molar-refractivity contribution in [2.24, 2.45) is 21.7 Å². The van der Waals surface area contributed by atoms with Crippen LogP contribution in [0.3, 0.4) is 0 Å². The lowest BCUT2D eigenvalue weighted by molar-refractivity contribution is 0.0869. The van der Waals surface area contributed by atoms with Gasteiger partial charge in [-0.25, -0.2) is 0 Å². The van der Waals surface area contributed by atoms with Crippen molar-refractivity contribution in [2.75, 3.05) is 6.54 Å². The van der Waals surface area contributed by atoms with E-state index in [-0.39, 0.29) is 5.84 Å². The zero-order valence-electron chi connectivity index (χ0n) is 10.9. The molecule has 0 amide bonds. The summed E-state index contributed by atoms with van der Waals surface area (Å²) in [6.07, 6.45) is 3.55. The Hall–Kier alpha value is -0.770. The molecule has 0 aliphatic heterocycles. The molecule has 4 N–H and O–H groups in total. The molecule has 4 nitrogen and oxygen atoms in total. The first kappa shape index (κ1) is 13.3. The highest BCUT2D eigenvalue weighted by Gasteiger charge is 2.38. The van der Waals surface area contributed by atoms with Gasteiger partial charge in [0.05, 0.1) is 6.54 Å². The number of rotatable bonds is 3. The van der Waals surface area contributed by atoms with Crippen molar-refractivity contribution >= 4 is 5.84 Å². The third-order valence-electron chi connectivity index (χ3n) is 3.26. The van der Waals surface area contributed by atoms with Gasteiger partial charge in [0.15, 0.2) is 5.84 Å². The van der Waals surface area contributed by atoms with E-state index in [9.17, 15) is 0 Å². The van der Waals surface area contributed by atoms with Crippen LogP contribution in [-0.2, 0) is 0 Å². The Kier molecular flexibility index (Phi) is 3.84. The van der Waals surface area contributed by atoms with E-state index in [1.54, 1.807) is 0 Å². The summed E-state index contributed by atoms with van der Waals surface area (Å²) in [5.74, 6) is 0.251. The Labute approximate surface area is 98.3 Å². The van der Waals surface area contributed by atoms with Crippen LogP contribution in [0.25, 0.3) is 0 Å². The standard InChI is InChI=1S/C12H25N3O/c1-11(2)5-9(6-12(3,4)8-11)14-7-10(13)15-16/h9,14,16H,5-8H2,1-4H3,(H2,13,15). The highest BCUT2D eigenvalue weighted by atomic mass is 16.4. The summed E-state index contributed by atoms with van der Waals surface area (Å²) in [5, 5.41) is 14.8. The molecule has 0 bridgehead atoms. The van der Waals surface area contributed by atoms with E-state index in [1.165, 1.54) is 6.42 Å². The smallest absolute Gasteiger partial charge is 0.153 e. The fourth-order valence-electron chi connectivity index (χ4n) is 3.27. The maximum Gasteiger partial charge on any atom is 0.153 e. The van der Waals surface area contributed by atoms with Crippen molar-refractivity contribution in [2.45, 2.75) is 53.0 Å². The third kappa shape index (κ3) is 4.00. The number of hydrogen-bond donors (Lipinski definition) is 3. The molecule has 0 unspecified atom stereocenters. The fraction of sp³-hybridized carbons (Fsp3) is 0.917. The van der Waals surface area contributed by atoms with E-state index in [0.29, 0.717) is 23.4 Å². The molecule has 1 rings (SSSR count). The van der Waals surface area contributed by atoms with Gasteiger partial charge in [0, 0.05) is 6.04 Å². The van der Waals surface area contributed by atoms with Crippen molar-refractivity contribution in [3.8, 4) is 0 Å². The third-order valence-corrected chi connectivity index (χ3v) is 3.26. The predicted molar refractivity (Wildman–Crippen MR) is 66.6 cm³/mol. The number of nitrogens with zero attached hydrogens (tertiary/aromatic N) is 1. The van der Waals surface area contributed by atoms with Crippen molar-refractivity contribution in [3.63, 3.8) is 0 Å². The minimum absolute atomic E-state index is 0.251. The Morgan fingerprint density at radius 2 is 1.81 bits per heavy atom. The van der Waals surface area contributed by atoms with Crippen molar-refractivity contribution in [1.82, 2.24) is 5.32 Å². The number of nitrogens with one attached hydrogen (secondary N) is 1. The van der Waals surface area contributed by atoms with E-state index in [0.717, 1.165) is 12.8 Å². The van der Waals surface area contributed by atoms with Gasteiger partial charge in [0.2, 0.25) is 0 Å². The van der Waals surface area contributed by atoms with Crippen LogP contribution in [0.2, 0.25) is 0 Å². The van der Waals surface area contributed by atoms with Crippen molar-refractivity contribution in [1.29, 1.82) is 0 Å². The Morgan fingerprint density at radius 1 is 1.31 bits per heavy atom. The molecule has 0 heterocycles. The minimum atomic E-state index is 0.251. The lowest BCUT2D eigenvalue weighted by atomic mass is 9.63. The number of nitrogens with two attached hydrogens (primary N) is 1. The number of amidine groups is 1. The molecule has 1 aliphatic carbocycles. The van der Waals surface area contributed by atoms with Crippen LogP contribution in [0.4, 0.5) is 0 Å². The van der Waals surface area contributed by atoms with E-state index in [1.807, 2.05) is 0 Å². The van der Waals surface area contributed by atoms with Gasteiger partial charge in [0.1, 0.15) is 0 Å². The quantitative estimate of drug-likeness (QED) is 0.298. The minimum Gasteiger partial charge on any atom is -0.409 e. The molecule has 1 saturated carbocycles. The van der Waals surface area contributed by atoms with Crippen LogP contribution in [-0.4, -0.2) is 23.6 Å². The summed E-state index contributed by atoms with van der Waals surface area (Å²) in [6.45, 7) is 9.71. The van der Waals surface area contributed by atoms with Gasteiger partial charge in [0.25, 0.3) is 0 Å². The number of oxime groups is 1. The van der Waals surface area contributed by atoms with Crippen LogP contribution < -0.4 is 11.1 Å². The molecule has 1 aliphatic rings. The Bertz CT molecular complexity index is 255. The molecule has 0 atom stereocenters. The maximum absolute atomic E-state index is 8.49. The first-order valence-electron chi connectivity index (χ1n) is 5.94. The summed E-state index contributed by atoms with van der Waals surface area (Å²) in [4.78, 5) is 0. The lowest BCUT2D eigenvalue weighted by Gasteiger charge is -2.45. The highest BCUT2D eigenvalue weighted by molar-refractivity contribution is 5.81. The van der Waals surface area contributed by atoms with Gasteiger partial charge in [-0.1, -0.05) is 32.9 Å². The molecule has 0 radical (unpaired) electrons. The lowest BCUT2D eigenvalue weighted by Crippen LogP contribution is -2.46. The summed E-state index contributed by atoms with van der Waals surface area (Å²) >= 11 is 0. The van der Waals surface area contributed by atoms with Gasteiger partial charge in [-0.2, -0.15) is 0 Å². The predicted octanol–water partition coefficient (Wildman–Crippen LogP) is 1.93.